The number of nitrogens with zero attached hydrogens (tertiary/aromatic N) is 5. The van der Waals surface area contributed by atoms with Gasteiger partial charge in [0.2, 0.25) is 0 Å². The van der Waals surface area contributed by atoms with Crippen LogP contribution in [0.3, 0.4) is 0 Å². The van der Waals surface area contributed by atoms with Crippen LogP contribution in [0.5, 0.6) is 11.5 Å². The van der Waals surface area contributed by atoms with E-state index in [1.54, 1.807) is 11.8 Å². The average molecular weight is 412 g/mol. The first-order valence-corrected chi connectivity index (χ1v) is 10.2. The molecule has 4 heterocycles. The van der Waals surface area contributed by atoms with E-state index in [4.69, 9.17) is 14.2 Å². The molecule has 5 rings (SSSR count). The molecule has 1 saturated heterocycles. The summed E-state index contributed by atoms with van der Waals surface area (Å²) >= 11 is 0. The molecule has 2 aliphatic rings. The number of tetrazole rings is 1. The van der Waals surface area contributed by atoms with Gasteiger partial charge in [0, 0.05) is 24.1 Å². The fourth-order valence-corrected chi connectivity index (χ4v) is 4.21. The lowest BCUT2D eigenvalue weighted by Crippen LogP contribution is -2.33. The van der Waals surface area contributed by atoms with E-state index >= 15 is 0 Å². The molecule has 0 bridgehead atoms. The van der Waals surface area contributed by atoms with Crippen molar-refractivity contribution in [2.75, 3.05) is 40.0 Å². The van der Waals surface area contributed by atoms with Crippen molar-refractivity contribution in [1.82, 2.24) is 30.1 Å². The van der Waals surface area contributed by atoms with Gasteiger partial charge in [-0.1, -0.05) is 0 Å². The number of hydrogen-bond acceptors (Lipinski definition) is 8. The van der Waals surface area contributed by atoms with Gasteiger partial charge < -0.3 is 19.2 Å². The molecule has 158 valence electrons. The quantitative estimate of drug-likeness (QED) is 0.642. The molecule has 1 atom stereocenters. The molecule has 0 aliphatic carbocycles. The first kappa shape index (κ1) is 19.0. The summed E-state index contributed by atoms with van der Waals surface area (Å²) in [5.41, 5.74) is 1.18. The standard InChI is InChI=1S/C20H24N6O4/c1-28-7-6-26-19(22-23-24-26)18(25-4-2-3-5-25)14-10-13-11-16-17(30-9-8-29-16)12-15(13)21-20(14)27/h10-12,18H,2-9H2,1H3,(H,21,27). The zero-order valence-corrected chi connectivity index (χ0v) is 16.8. The van der Waals surface area contributed by atoms with Gasteiger partial charge in [0.05, 0.1) is 18.7 Å². The maximum absolute atomic E-state index is 13.2. The third-order valence-electron chi connectivity index (χ3n) is 5.65. The van der Waals surface area contributed by atoms with Crippen LogP contribution < -0.4 is 15.0 Å². The highest BCUT2D eigenvalue weighted by molar-refractivity contribution is 5.83. The summed E-state index contributed by atoms with van der Waals surface area (Å²) in [4.78, 5) is 18.4. The van der Waals surface area contributed by atoms with Gasteiger partial charge in [-0.25, -0.2) is 4.68 Å². The monoisotopic (exact) mass is 412 g/mol. The van der Waals surface area contributed by atoms with Crippen LogP contribution in [0.15, 0.2) is 23.0 Å². The molecule has 3 aromatic rings. The molecule has 30 heavy (non-hydrogen) atoms. The highest BCUT2D eigenvalue weighted by atomic mass is 16.6. The Hall–Kier alpha value is -2.98. The minimum absolute atomic E-state index is 0.155. The Balaban J connectivity index is 1.62. The molecule has 2 aromatic heterocycles. The number of ether oxygens (including phenoxy) is 3. The van der Waals surface area contributed by atoms with E-state index in [2.05, 4.69) is 25.4 Å². The van der Waals surface area contributed by atoms with Crippen molar-refractivity contribution in [3.63, 3.8) is 0 Å². The first-order chi connectivity index (χ1) is 14.7. The van der Waals surface area contributed by atoms with Crippen LogP contribution in [0.2, 0.25) is 0 Å². The Morgan fingerprint density at radius 3 is 2.70 bits per heavy atom. The Kier molecular flexibility index (Phi) is 5.09. The van der Waals surface area contributed by atoms with Crippen molar-refractivity contribution in [3.8, 4) is 11.5 Å². The summed E-state index contributed by atoms with van der Waals surface area (Å²) in [6, 6.07) is 5.33. The number of aromatic amines is 1. The lowest BCUT2D eigenvalue weighted by Gasteiger charge is -2.26. The van der Waals surface area contributed by atoms with E-state index in [1.165, 1.54) is 0 Å². The normalized spacial score (nSPS) is 17.5. The minimum Gasteiger partial charge on any atom is -0.486 e. The van der Waals surface area contributed by atoms with Crippen molar-refractivity contribution >= 4 is 10.9 Å². The summed E-state index contributed by atoms with van der Waals surface area (Å²) < 4.78 is 18.3. The van der Waals surface area contributed by atoms with Gasteiger partial charge >= 0.3 is 0 Å². The van der Waals surface area contributed by atoms with E-state index in [-0.39, 0.29) is 11.6 Å². The van der Waals surface area contributed by atoms with Gasteiger partial charge in [-0.3, -0.25) is 9.69 Å². The lowest BCUT2D eigenvalue weighted by atomic mass is 10.0. The molecule has 0 spiro atoms. The van der Waals surface area contributed by atoms with Gasteiger partial charge in [-0.15, -0.1) is 5.10 Å². The number of benzene rings is 1. The molecule has 1 fully saturated rings. The number of nitrogens with one attached hydrogen (secondary N) is 1. The minimum atomic E-state index is -0.333. The van der Waals surface area contributed by atoms with Gasteiger partial charge in [0.15, 0.2) is 17.3 Å². The lowest BCUT2D eigenvalue weighted by molar-refractivity contribution is 0.172. The number of likely N-dealkylation sites (tertiary alicyclic amines) is 1. The second kappa shape index (κ2) is 8.04. The average Bonchev–Trinajstić information content (AvgIpc) is 3.44. The predicted octanol–water partition coefficient (Wildman–Crippen LogP) is 1.12. The molecule has 1 unspecified atom stereocenters. The second-order valence-electron chi connectivity index (χ2n) is 7.54. The molecule has 10 heteroatoms. The number of rotatable bonds is 6. The van der Waals surface area contributed by atoms with Crippen LogP contribution in [0.1, 0.15) is 30.3 Å². The number of H-pyrrole nitrogens is 1. The number of fused-ring (bicyclic) bond motifs is 2. The second-order valence-corrected chi connectivity index (χ2v) is 7.54. The van der Waals surface area contributed by atoms with E-state index in [0.717, 1.165) is 31.3 Å². The Labute approximate surface area is 172 Å². The summed E-state index contributed by atoms with van der Waals surface area (Å²) in [7, 11) is 1.64. The summed E-state index contributed by atoms with van der Waals surface area (Å²) in [5.74, 6) is 1.99. The molecule has 10 nitrogen and oxygen atoms in total. The topological polar surface area (TPSA) is 107 Å². The maximum Gasteiger partial charge on any atom is 0.253 e. The van der Waals surface area contributed by atoms with Crippen LogP contribution in [-0.4, -0.2) is 70.1 Å². The third-order valence-corrected chi connectivity index (χ3v) is 5.65. The predicted molar refractivity (Wildman–Crippen MR) is 108 cm³/mol. The SMILES string of the molecule is COCCn1nnnc1C(c1cc2cc3c(cc2[nH]c1=O)OCCO3)N1CCCC1. The molecule has 2 aliphatic heterocycles. The number of hydrogen-bond donors (Lipinski definition) is 1. The van der Waals surface area contributed by atoms with Crippen LogP contribution in [0, 0.1) is 0 Å². The largest absolute Gasteiger partial charge is 0.486 e. The molecular weight excluding hydrogens is 388 g/mol. The van der Waals surface area contributed by atoms with Gasteiger partial charge in [-0.05, 0) is 48.5 Å². The molecule has 0 radical (unpaired) electrons. The fraction of sp³-hybridized carbons (Fsp3) is 0.500. The number of aromatic nitrogens is 5. The van der Waals surface area contributed by atoms with E-state index in [1.807, 2.05) is 18.2 Å². The van der Waals surface area contributed by atoms with Crippen molar-refractivity contribution in [2.45, 2.75) is 25.4 Å². The Morgan fingerprint density at radius 2 is 1.93 bits per heavy atom. The molecule has 0 amide bonds. The van der Waals surface area contributed by atoms with Gasteiger partial charge in [0.25, 0.3) is 5.56 Å². The van der Waals surface area contributed by atoms with Crippen LogP contribution in [0.4, 0.5) is 0 Å². The summed E-state index contributed by atoms with van der Waals surface area (Å²) in [5, 5.41) is 13.2. The van der Waals surface area contributed by atoms with Crippen LogP contribution in [0.25, 0.3) is 10.9 Å². The van der Waals surface area contributed by atoms with E-state index in [0.29, 0.717) is 54.8 Å². The highest BCUT2D eigenvalue weighted by Gasteiger charge is 2.32. The summed E-state index contributed by atoms with van der Waals surface area (Å²) in [6.07, 6.45) is 2.17. The smallest absolute Gasteiger partial charge is 0.253 e. The molecular formula is C20H24N6O4. The van der Waals surface area contributed by atoms with Crippen LogP contribution in [-0.2, 0) is 11.3 Å². The fourth-order valence-electron chi connectivity index (χ4n) is 4.21. The van der Waals surface area contributed by atoms with Crippen LogP contribution >= 0.6 is 0 Å². The van der Waals surface area contributed by atoms with Crippen molar-refractivity contribution in [1.29, 1.82) is 0 Å². The first-order valence-electron chi connectivity index (χ1n) is 10.2. The van der Waals surface area contributed by atoms with E-state index in [9.17, 15) is 4.79 Å². The molecule has 1 aromatic carbocycles. The maximum atomic E-state index is 13.2. The zero-order chi connectivity index (χ0) is 20.5. The van der Waals surface area contributed by atoms with E-state index < -0.39 is 0 Å². The Bertz CT molecular complexity index is 1100. The van der Waals surface area contributed by atoms with Crippen molar-refractivity contribution in [2.24, 2.45) is 0 Å². The molecule has 0 saturated carbocycles. The molecule has 1 N–H and O–H groups in total. The number of methoxy groups -OCH3 is 1. The Morgan fingerprint density at radius 1 is 1.17 bits per heavy atom. The highest BCUT2D eigenvalue weighted by Crippen LogP contribution is 2.35. The number of pyridine rings is 1. The van der Waals surface area contributed by atoms with Crippen molar-refractivity contribution in [3.05, 3.63) is 39.9 Å². The van der Waals surface area contributed by atoms with Crippen molar-refractivity contribution < 1.29 is 14.2 Å². The zero-order valence-electron chi connectivity index (χ0n) is 16.8. The third kappa shape index (κ3) is 3.41. The van der Waals surface area contributed by atoms with Gasteiger partial charge in [0.1, 0.15) is 19.3 Å². The summed E-state index contributed by atoms with van der Waals surface area (Å²) in [6.45, 7) is 3.80. The van der Waals surface area contributed by atoms with Gasteiger partial charge in [-0.2, -0.15) is 0 Å².